The quantitative estimate of drug-likeness (QED) is 0.424. The number of hydrogen-bond donors (Lipinski definition) is 5. The van der Waals surface area contributed by atoms with Gasteiger partial charge in [0.05, 0.1) is 11.6 Å². The fourth-order valence-corrected chi connectivity index (χ4v) is 5.41. The monoisotopic (exact) mass is 428 g/mol. The lowest BCUT2D eigenvalue weighted by atomic mass is 9.58. The molecule has 4 atom stereocenters. The van der Waals surface area contributed by atoms with E-state index >= 15 is 0 Å². The Morgan fingerprint density at radius 2 is 1.84 bits per heavy atom. The predicted octanol–water partition coefficient (Wildman–Crippen LogP) is 0.429. The number of hydrogen-bond acceptors (Lipinski definition) is 8. The number of nitrogens with zero attached hydrogens (tertiary/aromatic N) is 1. The van der Waals surface area contributed by atoms with E-state index in [4.69, 9.17) is 5.73 Å². The number of aromatic hydroxyl groups is 1. The van der Waals surface area contributed by atoms with Crippen LogP contribution in [-0.4, -0.2) is 68.5 Å². The van der Waals surface area contributed by atoms with Crippen molar-refractivity contribution in [2.75, 3.05) is 14.1 Å². The van der Waals surface area contributed by atoms with Crippen molar-refractivity contribution in [3.63, 3.8) is 0 Å². The average molecular weight is 428 g/mol. The second kappa shape index (κ2) is 6.66. The molecule has 0 saturated carbocycles. The van der Waals surface area contributed by atoms with E-state index < -0.39 is 58.0 Å². The molecular weight excluding hydrogens is 404 g/mol. The zero-order valence-electron chi connectivity index (χ0n) is 17.3. The van der Waals surface area contributed by atoms with Gasteiger partial charge in [0.25, 0.3) is 5.91 Å². The molecule has 9 heteroatoms. The summed E-state index contributed by atoms with van der Waals surface area (Å²) in [5.41, 5.74) is 3.18. The highest BCUT2D eigenvalue weighted by Crippen LogP contribution is 2.52. The molecule has 164 valence electrons. The molecule has 6 N–H and O–H groups in total. The summed E-state index contributed by atoms with van der Waals surface area (Å²) in [6.07, 6.45) is 0.385. The van der Waals surface area contributed by atoms with Crippen LogP contribution in [0.15, 0.2) is 34.8 Å². The normalized spacial score (nSPS) is 30.3. The van der Waals surface area contributed by atoms with Crippen LogP contribution < -0.4 is 5.73 Å². The smallest absolute Gasteiger partial charge is 0.255 e. The van der Waals surface area contributed by atoms with Crippen molar-refractivity contribution in [2.45, 2.75) is 31.4 Å². The van der Waals surface area contributed by atoms with Gasteiger partial charge in [-0.2, -0.15) is 0 Å². The number of carbonyl (C=O) groups excluding carboxylic acids is 3. The minimum atomic E-state index is -2.61. The number of ketones is 2. The highest BCUT2D eigenvalue weighted by atomic mass is 16.3. The number of rotatable bonds is 2. The molecule has 0 heterocycles. The van der Waals surface area contributed by atoms with Crippen molar-refractivity contribution >= 4 is 17.5 Å². The van der Waals surface area contributed by atoms with Crippen LogP contribution >= 0.6 is 0 Å². The van der Waals surface area contributed by atoms with Crippen molar-refractivity contribution in [3.8, 4) is 5.75 Å². The first-order chi connectivity index (χ1) is 14.4. The summed E-state index contributed by atoms with van der Waals surface area (Å²) >= 11 is 0. The molecule has 0 aromatic heterocycles. The first-order valence-corrected chi connectivity index (χ1v) is 9.89. The molecule has 0 fully saturated rings. The van der Waals surface area contributed by atoms with Crippen LogP contribution in [0.3, 0.4) is 0 Å². The summed E-state index contributed by atoms with van der Waals surface area (Å²) in [5, 5.41) is 43.5. The minimum absolute atomic E-state index is 0.0285. The van der Waals surface area contributed by atoms with E-state index in [-0.39, 0.29) is 23.3 Å². The van der Waals surface area contributed by atoms with Crippen molar-refractivity contribution in [1.82, 2.24) is 4.90 Å². The highest BCUT2D eigenvalue weighted by Gasteiger charge is 2.63. The van der Waals surface area contributed by atoms with Crippen molar-refractivity contribution in [1.29, 1.82) is 0 Å². The van der Waals surface area contributed by atoms with Crippen LogP contribution in [0.25, 0.3) is 0 Å². The third kappa shape index (κ3) is 2.60. The summed E-state index contributed by atoms with van der Waals surface area (Å²) in [7, 11) is 3.19. The molecule has 31 heavy (non-hydrogen) atoms. The van der Waals surface area contributed by atoms with Gasteiger partial charge in [-0.05, 0) is 57.0 Å². The van der Waals surface area contributed by atoms with Crippen LogP contribution in [0, 0.1) is 18.8 Å². The number of Topliss-reactive ketones (excluding diaryl/α,β-unsaturated/α-hetero) is 2. The van der Waals surface area contributed by atoms with Crippen molar-refractivity contribution < 1.29 is 34.8 Å². The first-order valence-electron chi connectivity index (χ1n) is 9.89. The van der Waals surface area contributed by atoms with Crippen molar-refractivity contribution in [3.05, 3.63) is 51.5 Å². The number of fused-ring (bicyclic) bond motifs is 3. The number of likely N-dealkylation sites (N-methyl/N-ethyl adjacent to an activating group) is 1. The number of carbonyl (C=O) groups is 3. The van der Waals surface area contributed by atoms with E-state index in [1.807, 2.05) is 0 Å². The summed E-state index contributed by atoms with van der Waals surface area (Å²) in [4.78, 5) is 39.8. The molecule has 1 aromatic rings. The number of nitrogens with two attached hydrogens (primary N) is 1. The number of primary amides is 1. The number of aliphatic hydroxyl groups excluding tert-OH is 2. The molecule has 3 aliphatic carbocycles. The van der Waals surface area contributed by atoms with Gasteiger partial charge in [0, 0.05) is 11.5 Å². The Morgan fingerprint density at radius 3 is 2.42 bits per heavy atom. The molecule has 1 unspecified atom stereocenters. The van der Waals surface area contributed by atoms with Gasteiger partial charge < -0.3 is 26.2 Å². The topological polar surface area (TPSA) is 161 Å². The number of aryl methyl sites for hydroxylation is 1. The van der Waals surface area contributed by atoms with Gasteiger partial charge in [0.1, 0.15) is 22.8 Å². The maximum absolute atomic E-state index is 13.3. The second-order valence-corrected chi connectivity index (χ2v) is 8.72. The van der Waals surface area contributed by atoms with E-state index in [9.17, 15) is 34.8 Å². The molecule has 4 rings (SSSR count). The summed E-state index contributed by atoms with van der Waals surface area (Å²) in [6, 6.07) is 2.08. The van der Waals surface area contributed by atoms with Gasteiger partial charge in [0.2, 0.25) is 5.78 Å². The van der Waals surface area contributed by atoms with Gasteiger partial charge >= 0.3 is 0 Å². The Balaban J connectivity index is 1.98. The lowest BCUT2D eigenvalue weighted by molar-refractivity contribution is -0.148. The van der Waals surface area contributed by atoms with Crippen LogP contribution in [0.5, 0.6) is 5.75 Å². The Hall–Kier alpha value is -3.17. The molecule has 1 amide bonds. The number of allylic oxidation sites excluding steroid dienone is 1. The standard InChI is InChI=1S/C22H24N2O7/c1-8-4-5-12(25)14-10(8)6-9-7-11-16(24(2)3)18(27)15(21(23)30)20(29)22(11,31)19(28)13(9)17(14)26/h4-5,9,11,16,25,27-28,31H,6-7H2,1-3H3,(H2,23,30)/t9-,11-,16?,22-/m0/s1. The number of amides is 1. The minimum Gasteiger partial charge on any atom is -0.510 e. The van der Waals surface area contributed by atoms with Gasteiger partial charge in [0.15, 0.2) is 11.4 Å². The maximum atomic E-state index is 13.3. The fourth-order valence-electron chi connectivity index (χ4n) is 5.41. The van der Waals surface area contributed by atoms with Crippen molar-refractivity contribution in [2.24, 2.45) is 17.6 Å². The maximum Gasteiger partial charge on any atom is 0.255 e. The fraction of sp³-hybridized carbons (Fsp3) is 0.409. The van der Waals surface area contributed by atoms with Gasteiger partial charge in [-0.1, -0.05) is 6.07 Å². The van der Waals surface area contributed by atoms with Crippen LogP contribution in [0.4, 0.5) is 0 Å². The Labute approximate surface area is 178 Å². The molecular formula is C22H24N2O7. The third-order valence-electron chi connectivity index (χ3n) is 6.84. The molecule has 0 radical (unpaired) electrons. The summed E-state index contributed by atoms with van der Waals surface area (Å²) in [6.45, 7) is 1.81. The highest BCUT2D eigenvalue weighted by molar-refractivity contribution is 6.24. The van der Waals surface area contributed by atoms with Crippen LogP contribution in [-0.2, 0) is 16.0 Å². The molecule has 0 saturated heterocycles. The largest absolute Gasteiger partial charge is 0.510 e. The zero-order valence-corrected chi connectivity index (χ0v) is 17.3. The average Bonchev–Trinajstić information content (AvgIpc) is 2.67. The van der Waals surface area contributed by atoms with E-state index in [1.54, 1.807) is 27.1 Å². The summed E-state index contributed by atoms with van der Waals surface area (Å²) in [5.74, 6) is -6.41. The Kier molecular flexibility index (Phi) is 4.53. The van der Waals surface area contributed by atoms with Gasteiger partial charge in [-0.25, -0.2) is 0 Å². The van der Waals surface area contributed by atoms with E-state index in [0.29, 0.717) is 12.0 Å². The summed E-state index contributed by atoms with van der Waals surface area (Å²) < 4.78 is 0. The predicted molar refractivity (Wildman–Crippen MR) is 108 cm³/mol. The molecule has 1 aromatic carbocycles. The van der Waals surface area contributed by atoms with Crippen LogP contribution in [0.1, 0.15) is 27.9 Å². The number of benzene rings is 1. The molecule has 0 spiro atoms. The van der Waals surface area contributed by atoms with E-state index in [2.05, 4.69) is 0 Å². The SMILES string of the molecule is Cc1ccc(O)c2c1C[C@H]1C[C@H]3C(N(C)C)C(O)=C(C(N)=O)C(=O)[C@@]3(O)C(O)=C1C2=O. The van der Waals surface area contributed by atoms with E-state index in [0.717, 1.165) is 5.56 Å². The molecule has 3 aliphatic rings. The third-order valence-corrected chi connectivity index (χ3v) is 6.84. The van der Waals surface area contributed by atoms with Gasteiger partial charge in [-0.15, -0.1) is 0 Å². The lowest BCUT2D eigenvalue weighted by Crippen LogP contribution is -2.63. The van der Waals surface area contributed by atoms with Gasteiger partial charge in [-0.3, -0.25) is 19.3 Å². The number of phenols is 1. The Bertz CT molecular complexity index is 1120. The lowest BCUT2D eigenvalue weighted by Gasteiger charge is -2.50. The molecule has 0 aliphatic heterocycles. The Morgan fingerprint density at radius 1 is 1.19 bits per heavy atom. The first kappa shape index (κ1) is 21.1. The molecule has 9 nitrogen and oxygen atoms in total. The number of phenolic OH excluding ortho intramolecular Hbond substituents is 1. The van der Waals surface area contributed by atoms with Crippen LogP contribution in [0.2, 0.25) is 0 Å². The molecule has 0 bridgehead atoms. The number of aliphatic hydroxyl groups is 3. The second-order valence-electron chi connectivity index (χ2n) is 8.72. The zero-order chi connectivity index (χ0) is 23.0. The van der Waals surface area contributed by atoms with E-state index in [1.165, 1.54) is 11.0 Å².